The summed E-state index contributed by atoms with van der Waals surface area (Å²) in [5.41, 5.74) is 5.40. The summed E-state index contributed by atoms with van der Waals surface area (Å²) in [7, 11) is 1.65. The van der Waals surface area contributed by atoms with Gasteiger partial charge in [-0.2, -0.15) is 0 Å². The van der Waals surface area contributed by atoms with E-state index in [1.54, 1.807) is 13.3 Å². The van der Waals surface area contributed by atoms with Gasteiger partial charge in [-0.25, -0.2) is 0 Å². The predicted octanol–water partition coefficient (Wildman–Crippen LogP) is 2.40. The molecule has 0 aliphatic heterocycles. The lowest BCUT2D eigenvalue weighted by molar-refractivity contribution is 0.409. The number of nitrogens with one attached hydrogen (secondary N) is 1. The first-order valence-corrected chi connectivity index (χ1v) is 6.83. The molecular weight excluding hydrogens is 250 g/mol. The summed E-state index contributed by atoms with van der Waals surface area (Å²) in [6.07, 6.45) is 4.71. The zero-order valence-corrected chi connectivity index (χ0v) is 11.5. The van der Waals surface area contributed by atoms with Crippen LogP contribution in [0.3, 0.4) is 0 Å². The van der Waals surface area contributed by atoms with E-state index >= 15 is 0 Å². The van der Waals surface area contributed by atoms with Crippen LogP contribution >= 0.6 is 0 Å². The van der Waals surface area contributed by atoms with Gasteiger partial charge in [0.05, 0.1) is 19.3 Å². The highest BCUT2D eigenvalue weighted by Crippen LogP contribution is 2.53. The highest BCUT2D eigenvalue weighted by molar-refractivity contribution is 5.32. The number of rotatable bonds is 5. The third kappa shape index (κ3) is 2.53. The number of nitrogens with two attached hydrogens (primary N) is 1. The Bertz CT molecular complexity index is 573. The second-order valence-electron chi connectivity index (χ2n) is 5.22. The fourth-order valence-corrected chi connectivity index (χ4v) is 2.85. The lowest BCUT2D eigenvalue weighted by Crippen LogP contribution is -2.30. The monoisotopic (exact) mass is 269 g/mol. The Hall–Kier alpha value is -1.91. The standard InChI is InChI=1S/C16H19N3O/c1-20-13-7-12(9-18-10-13)16(19-17)15-8-14(15)11-5-3-2-4-6-11/h2-7,9-10,14-16,19H,8,17H2,1H3. The zero-order chi connectivity index (χ0) is 13.9. The smallest absolute Gasteiger partial charge is 0.137 e. The number of aromatic nitrogens is 1. The number of benzene rings is 1. The van der Waals surface area contributed by atoms with Gasteiger partial charge in [0.25, 0.3) is 0 Å². The van der Waals surface area contributed by atoms with Gasteiger partial charge in [-0.15, -0.1) is 0 Å². The molecule has 0 spiro atoms. The fraction of sp³-hybridized carbons (Fsp3) is 0.312. The van der Waals surface area contributed by atoms with Crippen LogP contribution in [0.5, 0.6) is 5.75 Å². The summed E-state index contributed by atoms with van der Waals surface area (Å²) < 4.78 is 5.23. The van der Waals surface area contributed by atoms with Gasteiger partial charge in [0.1, 0.15) is 5.75 Å². The lowest BCUT2D eigenvalue weighted by atomic mass is 10.0. The van der Waals surface area contributed by atoms with Crippen molar-refractivity contribution in [1.29, 1.82) is 0 Å². The molecule has 20 heavy (non-hydrogen) atoms. The van der Waals surface area contributed by atoms with Gasteiger partial charge < -0.3 is 4.74 Å². The molecule has 0 radical (unpaired) electrons. The number of nitrogens with zero attached hydrogens (tertiary/aromatic N) is 1. The van der Waals surface area contributed by atoms with Gasteiger partial charge in [-0.05, 0) is 35.4 Å². The Morgan fingerprint density at radius 2 is 2.10 bits per heavy atom. The Kier molecular flexibility index (Phi) is 3.67. The maximum absolute atomic E-state index is 5.76. The maximum Gasteiger partial charge on any atom is 0.137 e. The molecule has 0 bridgehead atoms. The van der Waals surface area contributed by atoms with Crippen molar-refractivity contribution in [3.05, 3.63) is 59.9 Å². The summed E-state index contributed by atoms with van der Waals surface area (Å²) in [5.74, 6) is 7.61. The van der Waals surface area contributed by atoms with Crippen molar-refractivity contribution in [2.45, 2.75) is 18.4 Å². The fourth-order valence-electron chi connectivity index (χ4n) is 2.85. The highest BCUT2D eigenvalue weighted by atomic mass is 16.5. The molecule has 0 saturated heterocycles. The quantitative estimate of drug-likeness (QED) is 0.646. The molecular formula is C16H19N3O. The van der Waals surface area contributed by atoms with Crippen LogP contribution in [-0.4, -0.2) is 12.1 Å². The molecule has 0 amide bonds. The van der Waals surface area contributed by atoms with Crippen molar-refractivity contribution in [2.75, 3.05) is 7.11 Å². The molecule has 1 aliphatic rings. The Morgan fingerprint density at radius 1 is 1.30 bits per heavy atom. The molecule has 1 aromatic carbocycles. The molecule has 3 unspecified atom stereocenters. The van der Waals surface area contributed by atoms with E-state index in [-0.39, 0.29) is 6.04 Å². The Morgan fingerprint density at radius 3 is 2.80 bits per heavy atom. The van der Waals surface area contributed by atoms with Crippen molar-refractivity contribution < 1.29 is 4.74 Å². The van der Waals surface area contributed by atoms with Gasteiger partial charge >= 0.3 is 0 Å². The maximum atomic E-state index is 5.76. The van der Waals surface area contributed by atoms with Crippen molar-refractivity contribution in [2.24, 2.45) is 11.8 Å². The van der Waals surface area contributed by atoms with E-state index < -0.39 is 0 Å². The van der Waals surface area contributed by atoms with Crippen LogP contribution in [0.4, 0.5) is 0 Å². The second kappa shape index (κ2) is 5.61. The molecule has 1 fully saturated rings. The Labute approximate surface area is 119 Å². The van der Waals surface area contributed by atoms with Crippen LogP contribution in [-0.2, 0) is 0 Å². The first-order chi connectivity index (χ1) is 9.83. The van der Waals surface area contributed by atoms with Crippen LogP contribution in [0.2, 0.25) is 0 Å². The van der Waals surface area contributed by atoms with Crippen molar-refractivity contribution in [3.8, 4) is 5.75 Å². The topological polar surface area (TPSA) is 60.2 Å². The summed E-state index contributed by atoms with van der Waals surface area (Å²) in [4.78, 5) is 4.21. The summed E-state index contributed by atoms with van der Waals surface area (Å²) in [5, 5.41) is 0. The molecule has 3 atom stereocenters. The molecule has 2 aromatic rings. The third-order valence-corrected chi connectivity index (χ3v) is 4.00. The van der Waals surface area contributed by atoms with E-state index in [0.717, 1.165) is 17.7 Å². The largest absolute Gasteiger partial charge is 0.495 e. The first kappa shape index (κ1) is 13.1. The normalized spacial score (nSPS) is 22.3. The van der Waals surface area contributed by atoms with Gasteiger partial charge in [0, 0.05) is 6.20 Å². The number of methoxy groups -OCH3 is 1. The molecule has 1 aliphatic carbocycles. The molecule has 4 heteroatoms. The van der Waals surface area contributed by atoms with Crippen LogP contribution in [0.1, 0.15) is 29.5 Å². The van der Waals surface area contributed by atoms with Gasteiger partial charge in [0.2, 0.25) is 0 Å². The number of ether oxygens (including phenoxy) is 1. The molecule has 104 valence electrons. The van der Waals surface area contributed by atoms with Crippen LogP contribution in [0, 0.1) is 5.92 Å². The van der Waals surface area contributed by atoms with Gasteiger partial charge in [-0.3, -0.25) is 16.3 Å². The molecule has 1 aromatic heterocycles. The number of hydrogen-bond acceptors (Lipinski definition) is 4. The SMILES string of the molecule is COc1cncc(C(NN)C2CC2c2ccccc2)c1. The van der Waals surface area contributed by atoms with E-state index in [0.29, 0.717) is 11.8 Å². The molecule has 3 rings (SSSR count). The Balaban J connectivity index is 1.78. The number of hydrazine groups is 1. The predicted molar refractivity (Wildman–Crippen MR) is 78.1 cm³/mol. The van der Waals surface area contributed by atoms with Crippen LogP contribution in [0.15, 0.2) is 48.8 Å². The average Bonchev–Trinajstić information content (AvgIpc) is 3.30. The van der Waals surface area contributed by atoms with E-state index in [2.05, 4.69) is 34.7 Å². The molecule has 4 nitrogen and oxygen atoms in total. The summed E-state index contributed by atoms with van der Waals surface area (Å²) >= 11 is 0. The van der Waals surface area contributed by atoms with Gasteiger partial charge in [0.15, 0.2) is 0 Å². The first-order valence-electron chi connectivity index (χ1n) is 6.83. The van der Waals surface area contributed by atoms with E-state index in [4.69, 9.17) is 10.6 Å². The number of pyridine rings is 1. The van der Waals surface area contributed by atoms with Crippen molar-refractivity contribution >= 4 is 0 Å². The van der Waals surface area contributed by atoms with E-state index in [1.807, 2.05) is 18.3 Å². The van der Waals surface area contributed by atoms with E-state index in [9.17, 15) is 0 Å². The van der Waals surface area contributed by atoms with Crippen LogP contribution < -0.4 is 16.0 Å². The summed E-state index contributed by atoms with van der Waals surface area (Å²) in [6.45, 7) is 0. The highest BCUT2D eigenvalue weighted by Gasteiger charge is 2.44. The molecule has 3 N–H and O–H groups in total. The molecule has 1 saturated carbocycles. The minimum atomic E-state index is 0.114. The third-order valence-electron chi connectivity index (χ3n) is 4.00. The van der Waals surface area contributed by atoms with Crippen molar-refractivity contribution in [1.82, 2.24) is 10.4 Å². The zero-order valence-electron chi connectivity index (χ0n) is 11.5. The van der Waals surface area contributed by atoms with Crippen molar-refractivity contribution in [3.63, 3.8) is 0 Å². The van der Waals surface area contributed by atoms with Crippen LogP contribution in [0.25, 0.3) is 0 Å². The molecule has 1 heterocycles. The van der Waals surface area contributed by atoms with Gasteiger partial charge in [-0.1, -0.05) is 30.3 Å². The van der Waals surface area contributed by atoms with E-state index in [1.165, 1.54) is 5.56 Å². The average molecular weight is 269 g/mol. The second-order valence-corrected chi connectivity index (χ2v) is 5.22. The number of hydrogen-bond donors (Lipinski definition) is 2. The minimum absolute atomic E-state index is 0.114. The minimum Gasteiger partial charge on any atom is -0.495 e. The lowest BCUT2D eigenvalue weighted by Gasteiger charge is -2.16. The summed E-state index contributed by atoms with van der Waals surface area (Å²) in [6, 6.07) is 12.7.